The molecule has 1 aromatic rings. The Morgan fingerprint density at radius 1 is 1.14 bits per heavy atom. The lowest BCUT2D eigenvalue weighted by Crippen LogP contribution is -2.39. The van der Waals surface area contributed by atoms with Gasteiger partial charge in [0, 0.05) is 12.0 Å². The molecule has 3 heterocycles. The molecule has 152 valence electrons. The molecule has 0 bridgehead atoms. The summed E-state index contributed by atoms with van der Waals surface area (Å²) in [6.07, 6.45) is 10.2. The third kappa shape index (κ3) is 3.47. The fourth-order valence-electron chi connectivity index (χ4n) is 4.65. The highest BCUT2D eigenvalue weighted by atomic mass is 16.6. The van der Waals surface area contributed by atoms with Crippen LogP contribution >= 0.6 is 0 Å². The van der Waals surface area contributed by atoms with Crippen LogP contribution in [0.3, 0.4) is 0 Å². The number of nitrogens with zero attached hydrogens (tertiary/aromatic N) is 4. The minimum Gasteiger partial charge on any atom is -0.441 e. The van der Waals surface area contributed by atoms with Gasteiger partial charge < -0.3 is 9.64 Å². The van der Waals surface area contributed by atoms with Crippen molar-refractivity contribution in [2.75, 3.05) is 18.0 Å². The molecule has 7 heteroatoms. The predicted octanol–water partition coefficient (Wildman–Crippen LogP) is 3.85. The summed E-state index contributed by atoms with van der Waals surface area (Å²) in [6, 6.07) is -0.0384. The van der Waals surface area contributed by atoms with E-state index in [2.05, 4.69) is 9.97 Å². The van der Waals surface area contributed by atoms with E-state index in [-0.39, 0.29) is 23.6 Å². The lowest BCUT2D eigenvalue weighted by molar-refractivity contribution is -0.140. The zero-order valence-electron chi connectivity index (χ0n) is 17.1. The number of hydrogen-bond donors (Lipinski definition) is 0. The van der Waals surface area contributed by atoms with Crippen molar-refractivity contribution in [2.24, 2.45) is 5.41 Å². The number of aromatic nitrogens is 2. The molecule has 2 aliphatic heterocycles. The number of carbonyl (C=O) groups is 2. The van der Waals surface area contributed by atoms with Gasteiger partial charge in [-0.25, -0.2) is 9.78 Å². The number of amides is 2. The Balaban J connectivity index is 1.50. The molecule has 1 atom stereocenters. The fourth-order valence-corrected chi connectivity index (χ4v) is 4.65. The maximum atomic E-state index is 12.7. The second-order valence-corrected chi connectivity index (χ2v) is 9.40. The van der Waals surface area contributed by atoms with Gasteiger partial charge in [0.05, 0.1) is 30.7 Å². The molecular formula is C21H30N4O3. The van der Waals surface area contributed by atoms with Crippen LogP contribution in [0.4, 0.5) is 10.6 Å². The van der Waals surface area contributed by atoms with Crippen molar-refractivity contribution in [1.82, 2.24) is 14.9 Å². The summed E-state index contributed by atoms with van der Waals surface area (Å²) < 4.78 is 5.74. The standard InChI is InChI=1S/C21H30N4O3/c1-20(2,3)18(26)24-11-7-8-16(24)15-12-23-17(13-22-15)25-14-21(28-19(25)27)9-5-4-6-10-21/h12-13,16H,4-11,14H2,1-3H3/t16-/m1/s1. The third-order valence-electron chi connectivity index (χ3n) is 6.17. The molecule has 0 unspecified atom stereocenters. The molecule has 4 rings (SSSR count). The maximum absolute atomic E-state index is 12.7. The number of rotatable bonds is 2. The lowest BCUT2D eigenvalue weighted by atomic mass is 9.85. The summed E-state index contributed by atoms with van der Waals surface area (Å²) in [6.45, 7) is 7.14. The van der Waals surface area contributed by atoms with Gasteiger partial charge in [-0.2, -0.15) is 0 Å². The first-order chi connectivity index (χ1) is 13.3. The van der Waals surface area contributed by atoms with Crippen LogP contribution in [0, 0.1) is 5.41 Å². The van der Waals surface area contributed by atoms with Crippen LogP contribution in [0.2, 0.25) is 0 Å². The molecule has 3 aliphatic rings. The van der Waals surface area contributed by atoms with Crippen LogP contribution in [0.1, 0.15) is 77.5 Å². The maximum Gasteiger partial charge on any atom is 0.416 e. The Kier molecular flexibility index (Phi) is 4.79. The number of likely N-dealkylation sites (tertiary alicyclic amines) is 1. The SMILES string of the molecule is CC(C)(C)C(=O)N1CCC[C@@H]1c1cnc(N2CC3(CCCCC3)OC2=O)cn1. The number of ether oxygens (including phenoxy) is 1. The quantitative estimate of drug-likeness (QED) is 0.772. The van der Waals surface area contributed by atoms with Gasteiger partial charge in [-0.3, -0.25) is 14.7 Å². The first kappa shape index (κ1) is 19.2. The van der Waals surface area contributed by atoms with E-state index in [0.717, 1.165) is 50.8 Å². The Labute approximate surface area is 166 Å². The molecule has 3 fully saturated rings. The largest absolute Gasteiger partial charge is 0.441 e. The van der Waals surface area contributed by atoms with Gasteiger partial charge in [0.2, 0.25) is 5.91 Å². The van der Waals surface area contributed by atoms with Gasteiger partial charge in [-0.1, -0.05) is 27.2 Å². The average molecular weight is 386 g/mol. The molecule has 1 saturated carbocycles. The van der Waals surface area contributed by atoms with Gasteiger partial charge in [0.25, 0.3) is 0 Å². The van der Waals surface area contributed by atoms with Crippen molar-refractivity contribution < 1.29 is 14.3 Å². The number of hydrogen-bond acceptors (Lipinski definition) is 5. The third-order valence-corrected chi connectivity index (χ3v) is 6.17. The zero-order chi connectivity index (χ0) is 19.9. The summed E-state index contributed by atoms with van der Waals surface area (Å²) in [5.74, 6) is 0.672. The van der Waals surface area contributed by atoms with E-state index in [1.807, 2.05) is 25.7 Å². The molecule has 1 aromatic heterocycles. The molecule has 0 radical (unpaired) electrons. The van der Waals surface area contributed by atoms with E-state index in [9.17, 15) is 9.59 Å². The van der Waals surface area contributed by atoms with E-state index >= 15 is 0 Å². The normalized spacial score (nSPS) is 24.7. The van der Waals surface area contributed by atoms with E-state index in [0.29, 0.717) is 12.4 Å². The molecule has 0 aromatic carbocycles. The van der Waals surface area contributed by atoms with Gasteiger partial charge in [-0.05, 0) is 38.5 Å². The van der Waals surface area contributed by atoms with Crippen molar-refractivity contribution >= 4 is 17.8 Å². The molecule has 2 amide bonds. The van der Waals surface area contributed by atoms with Crippen LogP contribution in [0.5, 0.6) is 0 Å². The number of carbonyl (C=O) groups excluding carboxylic acids is 2. The van der Waals surface area contributed by atoms with E-state index in [1.54, 1.807) is 17.3 Å². The van der Waals surface area contributed by atoms with Crippen molar-refractivity contribution in [3.8, 4) is 0 Å². The van der Waals surface area contributed by atoms with Crippen LogP contribution in [-0.2, 0) is 9.53 Å². The predicted molar refractivity (Wildman–Crippen MR) is 105 cm³/mol. The van der Waals surface area contributed by atoms with Crippen molar-refractivity contribution in [1.29, 1.82) is 0 Å². The summed E-state index contributed by atoms with van der Waals surface area (Å²) in [7, 11) is 0. The van der Waals surface area contributed by atoms with E-state index in [4.69, 9.17) is 4.74 Å². The van der Waals surface area contributed by atoms with Crippen molar-refractivity contribution in [3.63, 3.8) is 0 Å². The molecule has 0 N–H and O–H groups in total. The van der Waals surface area contributed by atoms with E-state index < -0.39 is 5.41 Å². The van der Waals surface area contributed by atoms with Gasteiger partial charge in [0.15, 0.2) is 5.82 Å². The molecular weight excluding hydrogens is 356 g/mol. The molecule has 28 heavy (non-hydrogen) atoms. The van der Waals surface area contributed by atoms with Gasteiger partial charge in [-0.15, -0.1) is 0 Å². The fraction of sp³-hybridized carbons (Fsp3) is 0.714. The highest BCUT2D eigenvalue weighted by Crippen LogP contribution is 2.39. The van der Waals surface area contributed by atoms with E-state index in [1.165, 1.54) is 6.42 Å². The smallest absolute Gasteiger partial charge is 0.416 e. The number of anilines is 1. The Hall–Kier alpha value is -2.18. The zero-order valence-corrected chi connectivity index (χ0v) is 17.1. The summed E-state index contributed by atoms with van der Waals surface area (Å²) in [4.78, 5) is 37.8. The van der Waals surface area contributed by atoms with Crippen molar-refractivity contribution in [2.45, 2.75) is 77.4 Å². The van der Waals surface area contributed by atoms with Crippen LogP contribution in [-0.4, -0.2) is 45.6 Å². The van der Waals surface area contributed by atoms with Gasteiger partial charge in [0.1, 0.15) is 5.60 Å². The Morgan fingerprint density at radius 3 is 2.54 bits per heavy atom. The molecule has 1 spiro atoms. The van der Waals surface area contributed by atoms with Crippen LogP contribution < -0.4 is 4.90 Å². The minimum absolute atomic E-state index is 0.0384. The molecule has 7 nitrogen and oxygen atoms in total. The van der Waals surface area contributed by atoms with Crippen LogP contribution in [0.25, 0.3) is 0 Å². The summed E-state index contributed by atoms with van der Waals surface area (Å²) in [5.41, 5.74) is 0.0273. The summed E-state index contributed by atoms with van der Waals surface area (Å²) in [5, 5.41) is 0. The topological polar surface area (TPSA) is 75.6 Å². The highest BCUT2D eigenvalue weighted by molar-refractivity contribution is 5.89. The second-order valence-electron chi connectivity index (χ2n) is 9.40. The minimum atomic E-state index is -0.413. The Bertz CT molecular complexity index is 750. The van der Waals surface area contributed by atoms with Crippen molar-refractivity contribution in [3.05, 3.63) is 18.1 Å². The Morgan fingerprint density at radius 2 is 1.89 bits per heavy atom. The molecule has 2 saturated heterocycles. The summed E-state index contributed by atoms with van der Waals surface area (Å²) >= 11 is 0. The molecule has 1 aliphatic carbocycles. The highest BCUT2D eigenvalue weighted by Gasteiger charge is 2.46. The first-order valence-corrected chi connectivity index (χ1v) is 10.4. The average Bonchev–Trinajstić information content (AvgIpc) is 3.26. The second kappa shape index (κ2) is 7.01. The van der Waals surface area contributed by atoms with Gasteiger partial charge >= 0.3 is 6.09 Å². The monoisotopic (exact) mass is 386 g/mol. The first-order valence-electron chi connectivity index (χ1n) is 10.4. The van der Waals surface area contributed by atoms with Crippen LogP contribution in [0.15, 0.2) is 12.4 Å². The lowest BCUT2D eigenvalue weighted by Gasteiger charge is -2.31.